The lowest BCUT2D eigenvalue weighted by Gasteiger charge is -2.47. The SMILES string of the molecule is CN(C)[C@@H]1CCC2CC1CN(COC(=O)c1cccc3ccccc13)C2. The summed E-state index contributed by atoms with van der Waals surface area (Å²) in [7, 11) is 4.37. The zero-order valence-electron chi connectivity index (χ0n) is 15.7. The van der Waals surface area contributed by atoms with Crippen LogP contribution in [0.1, 0.15) is 29.6 Å². The zero-order chi connectivity index (χ0) is 18.1. The second-order valence-electron chi connectivity index (χ2n) is 8.09. The van der Waals surface area contributed by atoms with E-state index < -0.39 is 0 Å². The maximum Gasteiger partial charge on any atom is 0.340 e. The summed E-state index contributed by atoms with van der Waals surface area (Å²) in [5.74, 6) is 1.22. The van der Waals surface area contributed by atoms with Gasteiger partial charge in [-0.2, -0.15) is 0 Å². The van der Waals surface area contributed by atoms with Gasteiger partial charge in [0.1, 0.15) is 6.73 Å². The number of rotatable bonds is 4. The summed E-state index contributed by atoms with van der Waals surface area (Å²) in [6, 6.07) is 14.4. The van der Waals surface area contributed by atoms with Crippen LogP contribution >= 0.6 is 0 Å². The number of piperidine rings is 1. The number of ether oxygens (including phenoxy) is 1. The first kappa shape index (κ1) is 17.5. The molecule has 3 atom stereocenters. The van der Waals surface area contributed by atoms with Crippen LogP contribution in [0.2, 0.25) is 0 Å². The summed E-state index contributed by atoms with van der Waals surface area (Å²) in [5.41, 5.74) is 0.659. The van der Waals surface area contributed by atoms with Crippen LogP contribution in [0.15, 0.2) is 42.5 Å². The molecule has 138 valence electrons. The number of carbonyl (C=O) groups excluding carboxylic acids is 1. The molecule has 2 aromatic rings. The number of hydrogen-bond donors (Lipinski definition) is 0. The Morgan fingerprint density at radius 1 is 1.12 bits per heavy atom. The molecular weight excluding hydrogens is 324 g/mol. The van der Waals surface area contributed by atoms with Gasteiger partial charge in [-0.05, 0) is 62.0 Å². The third kappa shape index (κ3) is 3.49. The molecule has 0 radical (unpaired) electrons. The second-order valence-corrected chi connectivity index (χ2v) is 8.09. The molecule has 4 nitrogen and oxygen atoms in total. The standard InChI is InChI=1S/C22H28N2O2/c1-23(2)21-11-10-16-12-18(21)14-24(13-16)15-26-22(25)20-9-5-7-17-6-3-4-8-19(17)20/h3-9,16,18,21H,10-15H2,1-2H3/t16?,18?,21-/m1/s1. The number of nitrogens with zero attached hydrogens (tertiary/aromatic N) is 2. The van der Waals surface area contributed by atoms with E-state index in [1.54, 1.807) is 0 Å². The van der Waals surface area contributed by atoms with Gasteiger partial charge in [0, 0.05) is 19.1 Å². The van der Waals surface area contributed by atoms with E-state index in [1.165, 1.54) is 19.3 Å². The van der Waals surface area contributed by atoms with Crippen LogP contribution in [-0.2, 0) is 4.74 Å². The van der Waals surface area contributed by atoms with Crippen molar-refractivity contribution in [3.63, 3.8) is 0 Å². The lowest BCUT2D eigenvalue weighted by molar-refractivity contribution is -0.0263. The van der Waals surface area contributed by atoms with Gasteiger partial charge < -0.3 is 9.64 Å². The third-order valence-corrected chi connectivity index (χ3v) is 6.11. The number of esters is 1. The molecule has 2 aliphatic rings. The Hall–Kier alpha value is -1.91. The lowest BCUT2D eigenvalue weighted by Crippen LogP contribution is -2.52. The van der Waals surface area contributed by atoms with E-state index in [9.17, 15) is 4.79 Å². The summed E-state index contributed by atoms with van der Waals surface area (Å²) < 4.78 is 5.71. The predicted octanol–water partition coefficient (Wildman–Crippen LogP) is 3.62. The van der Waals surface area contributed by atoms with Gasteiger partial charge in [0.2, 0.25) is 0 Å². The number of likely N-dealkylation sites (tertiary alicyclic amines) is 1. The Labute approximate surface area is 155 Å². The average molecular weight is 352 g/mol. The molecule has 0 aromatic heterocycles. The minimum Gasteiger partial charge on any atom is -0.446 e. The van der Waals surface area contributed by atoms with Gasteiger partial charge in [0.05, 0.1) is 5.56 Å². The highest BCUT2D eigenvalue weighted by Gasteiger charge is 2.37. The van der Waals surface area contributed by atoms with Crippen molar-refractivity contribution in [1.82, 2.24) is 9.80 Å². The molecule has 26 heavy (non-hydrogen) atoms. The highest BCUT2D eigenvalue weighted by molar-refractivity contribution is 6.04. The quantitative estimate of drug-likeness (QED) is 0.787. The van der Waals surface area contributed by atoms with Crippen LogP contribution in [0.4, 0.5) is 0 Å². The normalized spacial score (nSPS) is 26.2. The number of fused-ring (bicyclic) bond motifs is 3. The van der Waals surface area contributed by atoms with Gasteiger partial charge in [-0.25, -0.2) is 4.79 Å². The van der Waals surface area contributed by atoms with Crippen LogP contribution in [0.5, 0.6) is 0 Å². The Bertz CT molecular complexity index is 783. The molecule has 4 heteroatoms. The summed E-state index contributed by atoms with van der Waals surface area (Å²) in [6.07, 6.45) is 3.90. The van der Waals surface area contributed by atoms with E-state index in [1.807, 2.05) is 42.5 Å². The summed E-state index contributed by atoms with van der Waals surface area (Å²) in [4.78, 5) is 17.4. The van der Waals surface area contributed by atoms with Gasteiger partial charge in [-0.3, -0.25) is 4.90 Å². The van der Waals surface area contributed by atoms with Crippen molar-refractivity contribution in [1.29, 1.82) is 0 Å². The Balaban J connectivity index is 1.41. The maximum atomic E-state index is 12.7. The first-order valence-electron chi connectivity index (χ1n) is 9.65. The van der Waals surface area contributed by atoms with E-state index >= 15 is 0 Å². The zero-order valence-corrected chi connectivity index (χ0v) is 15.7. The molecule has 1 aliphatic heterocycles. The van der Waals surface area contributed by atoms with Crippen molar-refractivity contribution in [3.8, 4) is 0 Å². The Morgan fingerprint density at radius 3 is 2.77 bits per heavy atom. The van der Waals surface area contributed by atoms with Gasteiger partial charge in [-0.15, -0.1) is 0 Å². The smallest absolute Gasteiger partial charge is 0.340 e. The number of carbonyl (C=O) groups is 1. The molecule has 0 N–H and O–H groups in total. The first-order chi connectivity index (χ1) is 12.6. The summed E-state index contributed by atoms with van der Waals surface area (Å²) in [5, 5.41) is 2.03. The lowest BCUT2D eigenvalue weighted by atomic mass is 9.74. The Morgan fingerprint density at radius 2 is 1.92 bits per heavy atom. The van der Waals surface area contributed by atoms with Crippen molar-refractivity contribution in [2.75, 3.05) is 33.9 Å². The van der Waals surface area contributed by atoms with Crippen molar-refractivity contribution in [2.45, 2.75) is 25.3 Å². The van der Waals surface area contributed by atoms with E-state index in [0.29, 0.717) is 24.3 Å². The van der Waals surface area contributed by atoms with Crippen LogP contribution in [0.25, 0.3) is 10.8 Å². The molecule has 2 bridgehead atoms. The van der Waals surface area contributed by atoms with Gasteiger partial charge in [0.15, 0.2) is 0 Å². The van der Waals surface area contributed by atoms with Gasteiger partial charge in [0.25, 0.3) is 0 Å². The molecular formula is C22H28N2O2. The van der Waals surface area contributed by atoms with Gasteiger partial charge in [-0.1, -0.05) is 36.4 Å². The van der Waals surface area contributed by atoms with Crippen LogP contribution in [-0.4, -0.2) is 55.7 Å². The van der Waals surface area contributed by atoms with Crippen LogP contribution in [0, 0.1) is 11.8 Å². The van der Waals surface area contributed by atoms with Crippen molar-refractivity contribution in [3.05, 3.63) is 48.0 Å². The first-order valence-corrected chi connectivity index (χ1v) is 9.65. The molecule has 2 unspecified atom stereocenters. The van der Waals surface area contributed by atoms with E-state index in [0.717, 1.165) is 29.8 Å². The largest absolute Gasteiger partial charge is 0.446 e. The highest BCUT2D eigenvalue weighted by atomic mass is 16.5. The third-order valence-electron chi connectivity index (χ3n) is 6.11. The van der Waals surface area contributed by atoms with E-state index in [2.05, 4.69) is 23.9 Å². The molecule has 1 heterocycles. The van der Waals surface area contributed by atoms with Crippen molar-refractivity contribution in [2.24, 2.45) is 11.8 Å². The molecule has 1 saturated carbocycles. The second kappa shape index (κ2) is 7.37. The Kier molecular flexibility index (Phi) is 4.96. The topological polar surface area (TPSA) is 32.8 Å². The van der Waals surface area contributed by atoms with Crippen molar-refractivity contribution >= 4 is 16.7 Å². The molecule has 2 fully saturated rings. The molecule has 0 amide bonds. The van der Waals surface area contributed by atoms with Crippen LogP contribution in [0.3, 0.4) is 0 Å². The molecule has 2 aromatic carbocycles. The molecule has 4 rings (SSSR count). The van der Waals surface area contributed by atoms with E-state index in [-0.39, 0.29) is 5.97 Å². The molecule has 1 saturated heterocycles. The van der Waals surface area contributed by atoms with E-state index in [4.69, 9.17) is 4.74 Å². The minimum absolute atomic E-state index is 0.221. The highest BCUT2D eigenvalue weighted by Crippen LogP contribution is 2.36. The minimum atomic E-state index is -0.221. The summed E-state index contributed by atoms with van der Waals surface area (Å²) in [6.45, 7) is 2.48. The molecule has 0 spiro atoms. The van der Waals surface area contributed by atoms with Gasteiger partial charge >= 0.3 is 5.97 Å². The number of benzene rings is 2. The average Bonchev–Trinajstić information content (AvgIpc) is 2.65. The summed E-state index contributed by atoms with van der Waals surface area (Å²) >= 11 is 0. The fourth-order valence-corrected chi connectivity index (χ4v) is 4.89. The fraction of sp³-hybridized carbons (Fsp3) is 0.500. The van der Waals surface area contributed by atoms with Crippen molar-refractivity contribution < 1.29 is 9.53 Å². The monoisotopic (exact) mass is 352 g/mol. The van der Waals surface area contributed by atoms with Crippen LogP contribution < -0.4 is 0 Å². The maximum absolute atomic E-state index is 12.7. The predicted molar refractivity (Wildman–Crippen MR) is 104 cm³/mol. The molecule has 1 aliphatic carbocycles. The number of hydrogen-bond acceptors (Lipinski definition) is 4. The fourth-order valence-electron chi connectivity index (χ4n) is 4.89.